The van der Waals surface area contributed by atoms with Crippen molar-refractivity contribution >= 4 is 5.91 Å². The van der Waals surface area contributed by atoms with Crippen LogP contribution in [0.3, 0.4) is 0 Å². The Labute approximate surface area is 376 Å². The van der Waals surface area contributed by atoms with Crippen LogP contribution in [0.25, 0.3) is 0 Å². The van der Waals surface area contributed by atoms with Crippen molar-refractivity contribution in [2.24, 2.45) is 0 Å². The number of allylic oxidation sites excluding steroid dienone is 5. The molecule has 0 rings (SSSR count). The van der Waals surface area contributed by atoms with Crippen molar-refractivity contribution in [3.8, 4) is 0 Å². The van der Waals surface area contributed by atoms with E-state index in [1.165, 1.54) is 244 Å². The van der Waals surface area contributed by atoms with E-state index in [1.54, 1.807) is 6.08 Å². The van der Waals surface area contributed by atoms with Crippen LogP contribution in [-0.2, 0) is 4.79 Å². The fraction of sp³-hybridized carbons (Fsp3) is 0.875. The molecule has 3 N–H and O–H groups in total. The molecule has 2 unspecified atom stereocenters. The first-order valence-corrected chi connectivity index (χ1v) is 27.2. The van der Waals surface area contributed by atoms with Crippen LogP contribution in [0.1, 0.15) is 296 Å². The van der Waals surface area contributed by atoms with Gasteiger partial charge in [0, 0.05) is 6.42 Å². The summed E-state index contributed by atoms with van der Waals surface area (Å²) in [7, 11) is 0. The molecule has 4 nitrogen and oxygen atoms in total. The molecule has 0 saturated heterocycles. The maximum absolute atomic E-state index is 12.4. The highest BCUT2D eigenvalue weighted by atomic mass is 16.3. The second-order valence-corrected chi connectivity index (χ2v) is 18.6. The van der Waals surface area contributed by atoms with Crippen molar-refractivity contribution in [2.45, 2.75) is 309 Å². The molecular weight excluding hydrogens is 735 g/mol. The van der Waals surface area contributed by atoms with E-state index in [0.717, 1.165) is 32.1 Å². The summed E-state index contributed by atoms with van der Waals surface area (Å²) in [6.07, 6.45) is 70.2. The third-order valence-corrected chi connectivity index (χ3v) is 12.6. The maximum Gasteiger partial charge on any atom is 0.220 e. The number of hydrogen-bond donors (Lipinski definition) is 3. The first-order chi connectivity index (χ1) is 29.7. The Morgan fingerprint density at radius 1 is 0.383 bits per heavy atom. The van der Waals surface area contributed by atoms with Crippen molar-refractivity contribution in [1.82, 2.24) is 5.32 Å². The van der Waals surface area contributed by atoms with Gasteiger partial charge in [-0.05, 0) is 57.8 Å². The van der Waals surface area contributed by atoms with Crippen LogP contribution < -0.4 is 5.32 Å². The van der Waals surface area contributed by atoms with Crippen LogP contribution in [0, 0.1) is 0 Å². The molecular formula is C56H107NO3. The SMILES string of the molecule is CCCCCCCCCCCC/C=C/CC/C=C/C(O)C(CO)NC(=O)CCCCCCCCCCCCCCCCCC/C=C\CCCCCCCCCCCCCC. The molecule has 0 aromatic rings. The quantitative estimate of drug-likeness (QED) is 0.0422. The van der Waals surface area contributed by atoms with E-state index in [-0.39, 0.29) is 12.5 Å². The predicted molar refractivity (Wildman–Crippen MR) is 267 cm³/mol. The lowest BCUT2D eigenvalue weighted by atomic mass is 10.0. The lowest BCUT2D eigenvalue weighted by Crippen LogP contribution is -2.45. The van der Waals surface area contributed by atoms with Gasteiger partial charge in [0.05, 0.1) is 18.8 Å². The minimum atomic E-state index is -0.860. The molecule has 0 aromatic carbocycles. The number of hydrogen-bond acceptors (Lipinski definition) is 3. The topological polar surface area (TPSA) is 69.6 Å². The second kappa shape index (κ2) is 52.0. The van der Waals surface area contributed by atoms with Crippen molar-refractivity contribution < 1.29 is 15.0 Å². The van der Waals surface area contributed by atoms with E-state index in [1.807, 2.05) is 6.08 Å². The standard InChI is InChI=1S/C56H107NO3/c1-3-5-7-9-11-13-15-17-19-21-22-23-24-25-26-27-28-29-30-31-32-33-34-35-36-38-40-42-44-46-48-50-52-56(60)57-54(53-58)55(59)51-49-47-45-43-41-39-37-20-18-16-14-12-10-8-6-4-2/h25-26,41,43,49,51,54-55,58-59H,3-24,27-40,42,44-48,50,52-53H2,1-2H3,(H,57,60)/b26-25-,43-41+,51-49+. The van der Waals surface area contributed by atoms with Crippen molar-refractivity contribution in [1.29, 1.82) is 0 Å². The first kappa shape index (κ1) is 58.6. The predicted octanol–water partition coefficient (Wildman–Crippen LogP) is 17.7. The normalized spacial score (nSPS) is 13.1. The molecule has 1 amide bonds. The zero-order valence-electron chi connectivity index (χ0n) is 40.7. The summed E-state index contributed by atoms with van der Waals surface area (Å²) in [6, 6.07) is -0.637. The van der Waals surface area contributed by atoms with Gasteiger partial charge in [-0.25, -0.2) is 0 Å². The number of rotatable bonds is 50. The molecule has 0 aliphatic heterocycles. The fourth-order valence-electron chi connectivity index (χ4n) is 8.43. The highest BCUT2D eigenvalue weighted by Gasteiger charge is 2.18. The van der Waals surface area contributed by atoms with Gasteiger partial charge in [-0.3, -0.25) is 4.79 Å². The maximum atomic E-state index is 12.4. The van der Waals surface area contributed by atoms with E-state index in [0.29, 0.717) is 6.42 Å². The van der Waals surface area contributed by atoms with Gasteiger partial charge in [0.2, 0.25) is 5.91 Å². The summed E-state index contributed by atoms with van der Waals surface area (Å²) in [4.78, 5) is 12.4. The molecule has 0 aliphatic carbocycles. The molecule has 0 bridgehead atoms. The third-order valence-electron chi connectivity index (χ3n) is 12.6. The molecule has 2 atom stereocenters. The zero-order chi connectivity index (χ0) is 43.5. The third kappa shape index (κ3) is 47.7. The first-order valence-electron chi connectivity index (χ1n) is 27.2. The van der Waals surface area contributed by atoms with Crippen molar-refractivity contribution in [2.75, 3.05) is 6.61 Å². The lowest BCUT2D eigenvalue weighted by molar-refractivity contribution is -0.123. The number of nitrogens with one attached hydrogen (secondary N) is 1. The monoisotopic (exact) mass is 842 g/mol. The van der Waals surface area contributed by atoms with Crippen LogP contribution in [-0.4, -0.2) is 34.9 Å². The number of aliphatic hydroxyl groups excluding tert-OH is 2. The molecule has 60 heavy (non-hydrogen) atoms. The molecule has 0 saturated carbocycles. The average Bonchev–Trinajstić information content (AvgIpc) is 3.25. The van der Waals surface area contributed by atoms with Gasteiger partial charge in [0.15, 0.2) is 0 Å². The van der Waals surface area contributed by atoms with Gasteiger partial charge in [-0.1, -0.05) is 269 Å². The Morgan fingerprint density at radius 2 is 0.650 bits per heavy atom. The number of amides is 1. The van der Waals surface area contributed by atoms with Crippen LogP contribution in [0.15, 0.2) is 36.5 Å². The lowest BCUT2D eigenvalue weighted by Gasteiger charge is -2.19. The van der Waals surface area contributed by atoms with E-state index >= 15 is 0 Å². The summed E-state index contributed by atoms with van der Waals surface area (Å²) >= 11 is 0. The zero-order valence-corrected chi connectivity index (χ0v) is 40.7. The highest BCUT2D eigenvalue weighted by molar-refractivity contribution is 5.76. The van der Waals surface area contributed by atoms with Crippen LogP contribution in [0.4, 0.5) is 0 Å². The Bertz CT molecular complexity index is 912. The van der Waals surface area contributed by atoms with Crippen molar-refractivity contribution in [3.05, 3.63) is 36.5 Å². The smallest absolute Gasteiger partial charge is 0.220 e. The molecule has 354 valence electrons. The average molecular weight is 842 g/mol. The van der Waals surface area contributed by atoms with Gasteiger partial charge in [0.25, 0.3) is 0 Å². The van der Waals surface area contributed by atoms with E-state index < -0.39 is 12.1 Å². The summed E-state index contributed by atoms with van der Waals surface area (Å²) in [6.45, 7) is 4.32. The number of unbranched alkanes of at least 4 members (excludes halogenated alkanes) is 39. The Morgan fingerprint density at radius 3 is 0.967 bits per heavy atom. The van der Waals surface area contributed by atoms with E-state index in [9.17, 15) is 15.0 Å². The Hall–Kier alpha value is -1.39. The molecule has 0 heterocycles. The largest absolute Gasteiger partial charge is 0.394 e. The van der Waals surface area contributed by atoms with Crippen LogP contribution >= 0.6 is 0 Å². The summed E-state index contributed by atoms with van der Waals surface area (Å²) in [5.74, 6) is -0.0700. The molecule has 0 spiro atoms. The highest BCUT2D eigenvalue weighted by Crippen LogP contribution is 2.16. The summed E-state index contributed by atoms with van der Waals surface area (Å²) in [5.41, 5.74) is 0. The fourth-order valence-corrected chi connectivity index (χ4v) is 8.43. The number of carbonyl (C=O) groups excluding carboxylic acids is 1. The van der Waals surface area contributed by atoms with E-state index in [4.69, 9.17) is 0 Å². The molecule has 0 fully saturated rings. The molecule has 4 heteroatoms. The second-order valence-electron chi connectivity index (χ2n) is 18.6. The number of aliphatic hydroxyl groups is 2. The van der Waals surface area contributed by atoms with E-state index in [2.05, 4.69) is 43.5 Å². The minimum absolute atomic E-state index is 0.0700. The summed E-state index contributed by atoms with van der Waals surface area (Å²) < 4.78 is 0. The Balaban J connectivity index is 3.46. The Kier molecular flexibility index (Phi) is 50.8. The van der Waals surface area contributed by atoms with Gasteiger partial charge in [-0.15, -0.1) is 0 Å². The molecule has 0 aromatic heterocycles. The molecule has 0 radical (unpaired) electrons. The minimum Gasteiger partial charge on any atom is -0.394 e. The van der Waals surface area contributed by atoms with Crippen LogP contribution in [0.5, 0.6) is 0 Å². The van der Waals surface area contributed by atoms with Gasteiger partial charge in [0.1, 0.15) is 0 Å². The van der Waals surface area contributed by atoms with Crippen LogP contribution in [0.2, 0.25) is 0 Å². The van der Waals surface area contributed by atoms with Gasteiger partial charge >= 0.3 is 0 Å². The van der Waals surface area contributed by atoms with Gasteiger partial charge < -0.3 is 15.5 Å². The number of carbonyl (C=O) groups is 1. The summed E-state index contributed by atoms with van der Waals surface area (Å²) in [5, 5.41) is 23.1. The molecule has 0 aliphatic rings. The van der Waals surface area contributed by atoms with Crippen molar-refractivity contribution in [3.63, 3.8) is 0 Å². The van der Waals surface area contributed by atoms with Gasteiger partial charge in [-0.2, -0.15) is 0 Å².